The summed E-state index contributed by atoms with van der Waals surface area (Å²) in [5.74, 6) is 0.897. The number of halogens is 1. The summed E-state index contributed by atoms with van der Waals surface area (Å²) in [6, 6.07) is 8.03. The zero-order valence-corrected chi connectivity index (χ0v) is 12.7. The number of pyridine rings is 2. The maximum atomic E-state index is 5.77. The van der Waals surface area contributed by atoms with Gasteiger partial charge >= 0.3 is 0 Å². The van der Waals surface area contributed by atoms with Crippen LogP contribution in [0, 0.1) is 6.92 Å². The van der Waals surface area contributed by atoms with E-state index in [0.29, 0.717) is 13.1 Å². The molecule has 0 bridgehead atoms. The van der Waals surface area contributed by atoms with Gasteiger partial charge in [-0.1, -0.05) is 6.07 Å². The first-order chi connectivity index (χ1) is 9.10. The van der Waals surface area contributed by atoms with Crippen LogP contribution in [0.3, 0.4) is 0 Å². The van der Waals surface area contributed by atoms with E-state index < -0.39 is 0 Å². The fourth-order valence-corrected chi connectivity index (χ4v) is 2.35. The number of rotatable bonds is 4. The van der Waals surface area contributed by atoms with Gasteiger partial charge in [0, 0.05) is 35.5 Å². The van der Waals surface area contributed by atoms with Crippen molar-refractivity contribution < 1.29 is 0 Å². The van der Waals surface area contributed by atoms with Crippen LogP contribution < -0.4 is 10.6 Å². The van der Waals surface area contributed by atoms with E-state index in [-0.39, 0.29) is 0 Å². The second-order valence-electron chi connectivity index (χ2n) is 4.47. The number of anilines is 1. The molecule has 0 fully saturated rings. The van der Waals surface area contributed by atoms with E-state index in [2.05, 4.69) is 30.8 Å². The van der Waals surface area contributed by atoms with Gasteiger partial charge < -0.3 is 10.6 Å². The number of hydrogen-bond donors (Lipinski definition) is 1. The minimum Gasteiger partial charge on any atom is -0.354 e. The smallest absolute Gasteiger partial charge is 0.133 e. The standard InChI is InChI=1S/C14H17BrN4/c1-10-4-3-5-13(18-10)9-19(2)14-11(7-16)6-12(15)8-17-14/h3-6,8H,7,9,16H2,1-2H3. The molecule has 2 rings (SSSR count). The fourth-order valence-electron chi connectivity index (χ4n) is 1.97. The van der Waals surface area contributed by atoms with Crippen LogP contribution in [0.2, 0.25) is 0 Å². The van der Waals surface area contributed by atoms with Gasteiger partial charge in [-0.05, 0) is 41.1 Å². The van der Waals surface area contributed by atoms with Gasteiger partial charge in [0.2, 0.25) is 0 Å². The lowest BCUT2D eigenvalue weighted by atomic mass is 10.2. The Morgan fingerprint density at radius 2 is 2.16 bits per heavy atom. The van der Waals surface area contributed by atoms with Gasteiger partial charge in [-0.2, -0.15) is 0 Å². The Hall–Kier alpha value is -1.46. The number of aryl methyl sites for hydroxylation is 1. The van der Waals surface area contributed by atoms with Crippen LogP contribution in [0.25, 0.3) is 0 Å². The third kappa shape index (κ3) is 3.52. The molecular weight excluding hydrogens is 304 g/mol. The van der Waals surface area contributed by atoms with Crippen molar-refractivity contribution in [3.63, 3.8) is 0 Å². The average molecular weight is 321 g/mol. The van der Waals surface area contributed by atoms with Crippen LogP contribution in [-0.4, -0.2) is 17.0 Å². The molecule has 0 amide bonds. The second-order valence-corrected chi connectivity index (χ2v) is 5.38. The first-order valence-corrected chi connectivity index (χ1v) is 6.87. The van der Waals surface area contributed by atoms with Gasteiger partial charge in [0.15, 0.2) is 0 Å². The molecule has 2 aromatic rings. The fraction of sp³-hybridized carbons (Fsp3) is 0.286. The van der Waals surface area contributed by atoms with Crippen LogP contribution in [0.5, 0.6) is 0 Å². The Kier molecular flexibility index (Phi) is 4.50. The van der Waals surface area contributed by atoms with E-state index >= 15 is 0 Å². The molecule has 0 aliphatic rings. The molecule has 0 unspecified atom stereocenters. The highest BCUT2D eigenvalue weighted by Gasteiger charge is 2.10. The predicted molar refractivity (Wildman–Crippen MR) is 80.9 cm³/mol. The highest BCUT2D eigenvalue weighted by molar-refractivity contribution is 9.10. The topological polar surface area (TPSA) is 55.0 Å². The minimum atomic E-state index is 0.466. The highest BCUT2D eigenvalue weighted by Crippen LogP contribution is 2.21. The molecule has 0 aliphatic heterocycles. The van der Waals surface area contributed by atoms with Crippen molar-refractivity contribution in [1.29, 1.82) is 0 Å². The average Bonchev–Trinajstić information content (AvgIpc) is 2.38. The van der Waals surface area contributed by atoms with Gasteiger partial charge in [0.25, 0.3) is 0 Å². The quantitative estimate of drug-likeness (QED) is 0.941. The van der Waals surface area contributed by atoms with Crippen molar-refractivity contribution >= 4 is 21.7 Å². The number of nitrogens with zero attached hydrogens (tertiary/aromatic N) is 3. The summed E-state index contributed by atoms with van der Waals surface area (Å²) in [6.45, 7) is 3.17. The minimum absolute atomic E-state index is 0.466. The van der Waals surface area contributed by atoms with E-state index in [1.807, 2.05) is 38.2 Å². The normalized spacial score (nSPS) is 10.5. The third-order valence-corrected chi connectivity index (χ3v) is 3.27. The summed E-state index contributed by atoms with van der Waals surface area (Å²) in [4.78, 5) is 11.0. The van der Waals surface area contributed by atoms with E-state index in [1.165, 1.54) is 0 Å². The van der Waals surface area contributed by atoms with Crippen LogP contribution in [0.4, 0.5) is 5.82 Å². The number of hydrogen-bond acceptors (Lipinski definition) is 4. The lowest BCUT2D eigenvalue weighted by Gasteiger charge is -2.20. The molecule has 100 valence electrons. The molecule has 0 spiro atoms. The zero-order valence-electron chi connectivity index (χ0n) is 11.1. The van der Waals surface area contributed by atoms with Gasteiger partial charge in [-0.25, -0.2) is 4.98 Å². The molecular formula is C14H17BrN4. The van der Waals surface area contributed by atoms with Gasteiger partial charge in [-0.3, -0.25) is 4.98 Å². The molecule has 0 atom stereocenters. The molecule has 19 heavy (non-hydrogen) atoms. The SMILES string of the molecule is Cc1cccc(CN(C)c2ncc(Br)cc2CN)n1. The Labute approximate surface area is 121 Å². The van der Waals surface area contributed by atoms with E-state index in [0.717, 1.165) is 27.2 Å². The summed E-state index contributed by atoms with van der Waals surface area (Å²) in [5.41, 5.74) is 8.84. The van der Waals surface area contributed by atoms with Crippen LogP contribution in [0.1, 0.15) is 17.0 Å². The Balaban J connectivity index is 2.22. The maximum Gasteiger partial charge on any atom is 0.133 e. The maximum absolute atomic E-state index is 5.77. The molecule has 0 radical (unpaired) electrons. The zero-order chi connectivity index (χ0) is 13.8. The largest absolute Gasteiger partial charge is 0.354 e. The molecule has 4 nitrogen and oxygen atoms in total. The van der Waals surface area contributed by atoms with Crippen molar-refractivity contribution in [3.8, 4) is 0 Å². The second kappa shape index (κ2) is 6.12. The third-order valence-electron chi connectivity index (χ3n) is 2.84. The van der Waals surface area contributed by atoms with Crippen molar-refractivity contribution in [3.05, 3.63) is 51.9 Å². The van der Waals surface area contributed by atoms with Crippen molar-refractivity contribution in [1.82, 2.24) is 9.97 Å². The molecule has 0 saturated heterocycles. The van der Waals surface area contributed by atoms with Crippen molar-refractivity contribution in [2.24, 2.45) is 5.73 Å². The molecule has 5 heteroatoms. The lowest BCUT2D eigenvalue weighted by Crippen LogP contribution is -2.21. The Morgan fingerprint density at radius 1 is 1.37 bits per heavy atom. The molecule has 0 aliphatic carbocycles. The summed E-state index contributed by atoms with van der Waals surface area (Å²) in [6.07, 6.45) is 1.79. The Morgan fingerprint density at radius 3 is 2.84 bits per heavy atom. The van der Waals surface area contributed by atoms with Crippen LogP contribution >= 0.6 is 15.9 Å². The summed E-state index contributed by atoms with van der Waals surface area (Å²) in [7, 11) is 2.00. The summed E-state index contributed by atoms with van der Waals surface area (Å²) >= 11 is 3.41. The molecule has 2 aromatic heterocycles. The molecule has 2 heterocycles. The van der Waals surface area contributed by atoms with Crippen molar-refractivity contribution in [2.45, 2.75) is 20.0 Å². The Bertz CT molecular complexity index is 571. The number of aromatic nitrogens is 2. The highest BCUT2D eigenvalue weighted by atomic mass is 79.9. The summed E-state index contributed by atoms with van der Waals surface area (Å²) in [5, 5.41) is 0. The van der Waals surface area contributed by atoms with Gasteiger partial charge in [-0.15, -0.1) is 0 Å². The first kappa shape index (κ1) is 14.0. The molecule has 0 aromatic carbocycles. The lowest BCUT2D eigenvalue weighted by molar-refractivity contribution is 0.844. The number of nitrogens with two attached hydrogens (primary N) is 1. The van der Waals surface area contributed by atoms with Gasteiger partial charge in [0.1, 0.15) is 5.82 Å². The predicted octanol–water partition coefficient (Wildman–Crippen LogP) is 2.64. The van der Waals surface area contributed by atoms with E-state index in [1.54, 1.807) is 6.20 Å². The van der Waals surface area contributed by atoms with Crippen LogP contribution in [0.15, 0.2) is 34.9 Å². The van der Waals surface area contributed by atoms with Gasteiger partial charge in [0.05, 0.1) is 12.2 Å². The van der Waals surface area contributed by atoms with E-state index in [4.69, 9.17) is 5.73 Å². The van der Waals surface area contributed by atoms with Crippen LogP contribution in [-0.2, 0) is 13.1 Å². The molecule has 0 saturated carbocycles. The van der Waals surface area contributed by atoms with Crippen molar-refractivity contribution in [2.75, 3.05) is 11.9 Å². The molecule has 2 N–H and O–H groups in total. The first-order valence-electron chi connectivity index (χ1n) is 6.08. The summed E-state index contributed by atoms with van der Waals surface area (Å²) < 4.78 is 0.943. The monoisotopic (exact) mass is 320 g/mol. The van der Waals surface area contributed by atoms with E-state index in [9.17, 15) is 0 Å².